The quantitative estimate of drug-likeness (QED) is 0.864. The molecule has 0 saturated carbocycles. The summed E-state index contributed by atoms with van der Waals surface area (Å²) in [5, 5.41) is 0.397. The highest BCUT2D eigenvalue weighted by Gasteiger charge is 2.24. The Morgan fingerprint density at radius 1 is 1.45 bits per heavy atom. The van der Waals surface area contributed by atoms with E-state index in [4.69, 9.17) is 22.1 Å². The molecule has 1 saturated heterocycles. The van der Waals surface area contributed by atoms with Crippen molar-refractivity contribution in [2.24, 2.45) is 5.73 Å². The molecule has 1 aliphatic rings. The van der Waals surface area contributed by atoms with Gasteiger partial charge in [-0.2, -0.15) is 0 Å². The van der Waals surface area contributed by atoms with Gasteiger partial charge < -0.3 is 15.3 Å². The number of nitrogens with two attached hydrogens (primary N) is 1. The number of rotatable bonds is 4. The zero-order chi connectivity index (χ0) is 13.8. The molecule has 0 radical (unpaired) electrons. The van der Waals surface area contributed by atoms with Crippen LogP contribution in [0.25, 0.3) is 0 Å². The molecule has 2 N–H and O–H groups in total. The van der Waals surface area contributed by atoms with Crippen molar-refractivity contribution in [3.63, 3.8) is 0 Å². The fraction of sp³-hybridized carbons (Fsp3) is 0.462. The maximum atomic E-state index is 13.1. The van der Waals surface area contributed by atoms with Gasteiger partial charge in [0.05, 0.1) is 5.02 Å². The predicted molar refractivity (Wildman–Crippen MR) is 77.9 cm³/mol. The van der Waals surface area contributed by atoms with Gasteiger partial charge in [0.15, 0.2) is 6.29 Å². The van der Waals surface area contributed by atoms with Crippen LogP contribution in [0.4, 0.5) is 4.39 Å². The van der Waals surface area contributed by atoms with E-state index in [1.807, 2.05) is 4.90 Å². The van der Waals surface area contributed by atoms with Gasteiger partial charge in [-0.25, -0.2) is 4.39 Å². The zero-order valence-corrected chi connectivity index (χ0v) is 12.4. The summed E-state index contributed by atoms with van der Waals surface area (Å²) in [4.78, 5) is 12.5. The second-order valence-electron chi connectivity index (χ2n) is 4.55. The number of carbonyl (C=O) groups excluding carboxylic acids is 1. The third-order valence-electron chi connectivity index (χ3n) is 3.22. The van der Waals surface area contributed by atoms with Crippen molar-refractivity contribution in [3.05, 3.63) is 29.0 Å². The standard InChI is InChI=1S/C13H16ClFN2O2.ClH/c14-11-2-1-9(15)7-12(11)19-10-3-5-17(6-4-10)13(16)8-18;/h1-2,7-8,10,13H,3-6,16H2;1H. The molecule has 1 aromatic carbocycles. The van der Waals surface area contributed by atoms with Gasteiger partial charge in [-0.3, -0.25) is 4.90 Å². The van der Waals surface area contributed by atoms with Gasteiger partial charge in [-0.15, -0.1) is 12.4 Å². The number of carbonyl (C=O) groups is 1. The van der Waals surface area contributed by atoms with Crippen LogP contribution in [0.3, 0.4) is 0 Å². The Morgan fingerprint density at radius 3 is 2.70 bits per heavy atom. The second-order valence-corrected chi connectivity index (χ2v) is 4.96. The summed E-state index contributed by atoms with van der Waals surface area (Å²) in [6.45, 7) is 1.36. The number of aldehydes is 1. The summed E-state index contributed by atoms with van der Waals surface area (Å²) < 4.78 is 18.8. The van der Waals surface area contributed by atoms with Crippen LogP contribution in [0.2, 0.25) is 5.02 Å². The molecule has 20 heavy (non-hydrogen) atoms. The van der Waals surface area contributed by atoms with E-state index in [0.717, 1.165) is 19.1 Å². The molecule has 0 spiro atoms. The van der Waals surface area contributed by atoms with Crippen molar-refractivity contribution in [3.8, 4) is 5.75 Å². The average molecular weight is 323 g/mol. The molecule has 1 aromatic rings. The van der Waals surface area contributed by atoms with E-state index in [1.54, 1.807) is 0 Å². The van der Waals surface area contributed by atoms with Crippen LogP contribution in [0, 0.1) is 5.82 Å². The summed E-state index contributed by atoms with van der Waals surface area (Å²) in [6, 6.07) is 4.05. The predicted octanol–water partition coefficient (Wildman–Crippen LogP) is 2.23. The molecule has 4 nitrogen and oxygen atoms in total. The molecule has 0 bridgehead atoms. The molecule has 7 heteroatoms. The minimum absolute atomic E-state index is 0. The van der Waals surface area contributed by atoms with E-state index >= 15 is 0 Å². The van der Waals surface area contributed by atoms with Crippen LogP contribution in [-0.2, 0) is 4.79 Å². The van der Waals surface area contributed by atoms with Crippen LogP contribution in [-0.4, -0.2) is 36.5 Å². The Bertz CT molecular complexity index is 454. The maximum absolute atomic E-state index is 13.1. The van der Waals surface area contributed by atoms with Crippen LogP contribution in [0.5, 0.6) is 5.75 Å². The molecule has 1 unspecified atom stereocenters. The summed E-state index contributed by atoms with van der Waals surface area (Å²) >= 11 is 5.95. The highest BCUT2D eigenvalue weighted by molar-refractivity contribution is 6.32. The number of likely N-dealkylation sites (tertiary alicyclic amines) is 1. The van der Waals surface area contributed by atoms with Crippen molar-refractivity contribution >= 4 is 30.3 Å². The number of hydrogen-bond donors (Lipinski definition) is 1. The SMILES string of the molecule is Cl.NC(C=O)N1CCC(Oc2cc(F)ccc2Cl)CC1. The lowest BCUT2D eigenvalue weighted by atomic mass is 10.1. The minimum atomic E-state index is -0.557. The van der Waals surface area contributed by atoms with Crippen LogP contribution < -0.4 is 10.5 Å². The third kappa shape index (κ3) is 4.31. The Morgan fingerprint density at radius 2 is 2.10 bits per heavy atom. The molecule has 0 aliphatic carbocycles. The molecule has 1 aliphatic heterocycles. The van der Waals surface area contributed by atoms with Gasteiger partial charge in [0.25, 0.3) is 0 Å². The zero-order valence-electron chi connectivity index (χ0n) is 10.8. The van der Waals surface area contributed by atoms with Gasteiger partial charge >= 0.3 is 0 Å². The van der Waals surface area contributed by atoms with Crippen molar-refractivity contribution < 1.29 is 13.9 Å². The molecule has 0 amide bonds. The Hall–Kier alpha value is -0.880. The number of nitrogens with zero attached hydrogens (tertiary/aromatic N) is 1. The summed E-state index contributed by atoms with van der Waals surface area (Å²) in [7, 11) is 0. The molecular formula is C13H17Cl2FN2O2. The average Bonchev–Trinajstić information content (AvgIpc) is 2.43. The van der Waals surface area contributed by atoms with Crippen molar-refractivity contribution in [2.75, 3.05) is 13.1 Å². The molecule has 1 heterocycles. The van der Waals surface area contributed by atoms with E-state index in [0.29, 0.717) is 23.9 Å². The van der Waals surface area contributed by atoms with E-state index in [-0.39, 0.29) is 24.3 Å². The van der Waals surface area contributed by atoms with E-state index < -0.39 is 6.17 Å². The van der Waals surface area contributed by atoms with Crippen LogP contribution in [0.1, 0.15) is 12.8 Å². The Balaban J connectivity index is 0.00000200. The smallest absolute Gasteiger partial charge is 0.151 e. The van der Waals surface area contributed by atoms with Crippen LogP contribution >= 0.6 is 24.0 Å². The second kappa shape index (κ2) is 7.78. The number of piperidine rings is 1. The minimum Gasteiger partial charge on any atom is -0.489 e. The monoisotopic (exact) mass is 322 g/mol. The van der Waals surface area contributed by atoms with Crippen molar-refractivity contribution in [2.45, 2.75) is 25.1 Å². The normalized spacial score (nSPS) is 18.1. The Kier molecular flexibility index (Phi) is 6.68. The lowest BCUT2D eigenvalue weighted by Crippen LogP contribution is -2.49. The van der Waals surface area contributed by atoms with Gasteiger partial charge in [-0.1, -0.05) is 11.6 Å². The molecule has 2 rings (SSSR count). The van der Waals surface area contributed by atoms with Gasteiger partial charge in [-0.05, 0) is 25.0 Å². The number of benzene rings is 1. The first-order chi connectivity index (χ1) is 9.10. The fourth-order valence-corrected chi connectivity index (χ4v) is 2.29. The molecule has 1 atom stereocenters. The van der Waals surface area contributed by atoms with Crippen LogP contribution in [0.15, 0.2) is 18.2 Å². The summed E-state index contributed by atoms with van der Waals surface area (Å²) in [5.74, 6) is -0.0142. The summed E-state index contributed by atoms with van der Waals surface area (Å²) in [6.07, 6.45) is 1.60. The van der Waals surface area contributed by atoms with Gasteiger partial charge in [0.1, 0.15) is 23.8 Å². The number of halogens is 3. The fourth-order valence-electron chi connectivity index (χ4n) is 2.12. The molecule has 112 valence electrons. The first-order valence-corrected chi connectivity index (χ1v) is 6.54. The van der Waals surface area contributed by atoms with E-state index in [1.165, 1.54) is 18.2 Å². The molecule has 1 fully saturated rings. The number of ether oxygens (including phenoxy) is 1. The highest BCUT2D eigenvalue weighted by atomic mass is 35.5. The van der Waals surface area contributed by atoms with E-state index in [2.05, 4.69) is 0 Å². The lowest BCUT2D eigenvalue weighted by Gasteiger charge is -2.33. The van der Waals surface area contributed by atoms with Crippen molar-refractivity contribution in [1.29, 1.82) is 0 Å². The third-order valence-corrected chi connectivity index (χ3v) is 3.54. The topological polar surface area (TPSA) is 55.6 Å². The largest absolute Gasteiger partial charge is 0.489 e. The highest BCUT2D eigenvalue weighted by Crippen LogP contribution is 2.28. The first kappa shape index (κ1) is 17.2. The molecular weight excluding hydrogens is 306 g/mol. The van der Waals surface area contributed by atoms with Gasteiger partial charge in [0.2, 0.25) is 0 Å². The molecule has 0 aromatic heterocycles. The maximum Gasteiger partial charge on any atom is 0.151 e. The van der Waals surface area contributed by atoms with E-state index in [9.17, 15) is 9.18 Å². The Labute approximate surface area is 128 Å². The van der Waals surface area contributed by atoms with Crippen molar-refractivity contribution in [1.82, 2.24) is 4.90 Å². The van der Waals surface area contributed by atoms with Gasteiger partial charge in [0, 0.05) is 19.2 Å². The number of hydrogen-bond acceptors (Lipinski definition) is 4. The summed E-state index contributed by atoms with van der Waals surface area (Å²) in [5.41, 5.74) is 5.64. The first-order valence-electron chi connectivity index (χ1n) is 6.17. The lowest BCUT2D eigenvalue weighted by molar-refractivity contribution is -0.113.